The van der Waals surface area contributed by atoms with Crippen molar-refractivity contribution in [1.29, 1.82) is 0 Å². The number of carbonyl (C=O) groups is 1. The molecule has 7 nitrogen and oxygen atoms in total. The molecule has 0 unspecified atom stereocenters. The van der Waals surface area contributed by atoms with Crippen LogP contribution in [0.5, 0.6) is 0 Å². The summed E-state index contributed by atoms with van der Waals surface area (Å²) in [6.45, 7) is 0.500. The number of nitrogens with zero attached hydrogens (tertiary/aromatic N) is 4. The normalized spacial score (nSPS) is 11.0. The fraction of sp³-hybridized carbons (Fsp3) is 0.111. The zero-order valence-electron chi connectivity index (χ0n) is 14.0. The molecule has 0 fully saturated rings. The van der Waals surface area contributed by atoms with Gasteiger partial charge in [0.2, 0.25) is 0 Å². The van der Waals surface area contributed by atoms with E-state index in [0.717, 1.165) is 16.5 Å². The summed E-state index contributed by atoms with van der Waals surface area (Å²) in [5, 5.41) is 15.8. The Morgan fingerprint density at radius 1 is 1.26 bits per heavy atom. The Labute approximate surface area is 167 Å². The standard InChI is InChI=1S/C18H14BrClN6O/c19-16-3-2-13(26-10-23-24-25-26)8-15(16)18(27)21-6-5-11-9-22-17-4-1-12(20)7-14(11)17/h1-4,7-10,22H,5-6H2,(H,21,27). The molecule has 0 aliphatic carbocycles. The van der Waals surface area contributed by atoms with Crippen LogP contribution in [0.1, 0.15) is 15.9 Å². The lowest BCUT2D eigenvalue weighted by Gasteiger charge is -2.09. The van der Waals surface area contributed by atoms with E-state index in [1.807, 2.05) is 30.5 Å². The minimum atomic E-state index is -0.172. The van der Waals surface area contributed by atoms with Crippen molar-refractivity contribution in [3.8, 4) is 5.69 Å². The summed E-state index contributed by atoms with van der Waals surface area (Å²) < 4.78 is 2.20. The summed E-state index contributed by atoms with van der Waals surface area (Å²) in [5.41, 5.74) is 3.36. The van der Waals surface area contributed by atoms with Crippen molar-refractivity contribution in [3.63, 3.8) is 0 Å². The van der Waals surface area contributed by atoms with Gasteiger partial charge in [-0.05, 0) is 74.7 Å². The highest BCUT2D eigenvalue weighted by Crippen LogP contribution is 2.23. The van der Waals surface area contributed by atoms with Crippen molar-refractivity contribution in [2.75, 3.05) is 6.54 Å². The molecular formula is C18H14BrClN6O. The molecule has 0 aliphatic heterocycles. The highest BCUT2D eigenvalue weighted by Gasteiger charge is 2.12. The molecule has 9 heteroatoms. The molecule has 0 atom stereocenters. The average molecular weight is 446 g/mol. The third-order valence-corrected chi connectivity index (χ3v) is 5.14. The van der Waals surface area contributed by atoms with Crippen LogP contribution in [0.15, 0.2) is 53.4 Å². The van der Waals surface area contributed by atoms with Crippen LogP contribution in [-0.4, -0.2) is 37.6 Å². The van der Waals surface area contributed by atoms with Gasteiger partial charge in [-0.25, -0.2) is 4.68 Å². The van der Waals surface area contributed by atoms with Crippen LogP contribution in [0.4, 0.5) is 0 Å². The molecule has 2 heterocycles. The molecule has 4 aromatic rings. The first kappa shape index (κ1) is 17.7. The lowest BCUT2D eigenvalue weighted by molar-refractivity contribution is 0.0953. The number of aromatic amines is 1. The highest BCUT2D eigenvalue weighted by molar-refractivity contribution is 9.10. The Bertz CT molecular complexity index is 1110. The quantitative estimate of drug-likeness (QED) is 0.492. The van der Waals surface area contributed by atoms with E-state index < -0.39 is 0 Å². The fourth-order valence-electron chi connectivity index (χ4n) is 2.87. The molecule has 2 aromatic carbocycles. The van der Waals surface area contributed by atoms with Gasteiger partial charge >= 0.3 is 0 Å². The van der Waals surface area contributed by atoms with E-state index >= 15 is 0 Å². The largest absolute Gasteiger partial charge is 0.361 e. The summed E-state index contributed by atoms with van der Waals surface area (Å²) in [7, 11) is 0. The molecule has 1 amide bonds. The topological polar surface area (TPSA) is 88.5 Å². The van der Waals surface area contributed by atoms with Crippen molar-refractivity contribution in [1.82, 2.24) is 30.5 Å². The van der Waals surface area contributed by atoms with Gasteiger partial charge < -0.3 is 10.3 Å². The Hall–Kier alpha value is -2.71. The molecule has 0 saturated heterocycles. The first-order valence-corrected chi connectivity index (χ1v) is 9.35. The van der Waals surface area contributed by atoms with Gasteiger partial charge in [-0.3, -0.25) is 4.79 Å². The number of nitrogens with one attached hydrogen (secondary N) is 2. The zero-order valence-corrected chi connectivity index (χ0v) is 16.3. The molecule has 0 saturated carbocycles. The third-order valence-electron chi connectivity index (χ3n) is 4.22. The second-order valence-electron chi connectivity index (χ2n) is 5.93. The van der Waals surface area contributed by atoms with E-state index in [0.29, 0.717) is 33.7 Å². The number of carbonyl (C=O) groups excluding carboxylic acids is 1. The first-order chi connectivity index (χ1) is 13.1. The Kier molecular flexibility index (Phi) is 4.91. The number of benzene rings is 2. The molecule has 27 heavy (non-hydrogen) atoms. The number of H-pyrrole nitrogens is 1. The number of fused-ring (bicyclic) bond motifs is 1. The maximum absolute atomic E-state index is 12.6. The molecule has 136 valence electrons. The monoisotopic (exact) mass is 444 g/mol. The summed E-state index contributed by atoms with van der Waals surface area (Å²) >= 11 is 9.51. The summed E-state index contributed by atoms with van der Waals surface area (Å²) in [5.74, 6) is -0.172. The number of hydrogen-bond acceptors (Lipinski definition) is 4. The number of tetrazole rings is 1. The van der Waals surface area contributed by atoms with Crippen LogP contribution in [0, 0.1) is 0 Å². The molecule has 0 bridgehead atoms. The first-order valence-electron chi connectivity index (χ1n) is 8.18. The molecular weight excluding hydrogens is 432 g/mol. The van der Waals surface area contributed by atoms with Gasteiger partial charge in [0.05, 0.1) is 11.3 Å². The van der Waals surface area contributed by atoms with E-state index in [4.69, 9.17) is 11.6 Å². The molecule has 2 aromatic heterocycles. The van der Waals surface area contributed by atoms with Gasteiger partial charge in [0.15, 0.2) is 0 Å². The van der Waals surface area contributed by atoms with Crippen LogP contribution in [0.25, 0.3) is 16.6 Å². The SMILES string of the molecule is O=C(NCCc1c[nH]c2ccc(Cl)cc12)c1cc(-n2cnnn2)ccc1Br. The third kappa shape index (κ3) is 3.72. The highest BCUT2D eigenvalue weighted by atomic mass is 79.9. The Morgan fingerprint density at radius 2 is 2.15 bits per heavy atom. The fourth-order valence-corrected chi connectivity index (χ4v) is 3.47. The Balaban J connectivity index is 1.46. The van der Waals surface area contributed by atoms with E-state index in [9.17, 15) is 4.79 Å². The van der Waals surface area contributed by atoms with Crippen LogP contribution in [0.2, 0.25) is 5.02 Å². The van der Waals surface area contributed by atoms with Crippen molar-refractivity contribution in [3.05, 3.63) is 69.5 Å². The van der Waals surface area contributed by atoms with E-state index in [1.54, 1.807) is 12.1 Å². The zero-order chi connectivity index (χ0) is 18.8. The maximum atomic E-state index is 12.6. The number of amides is 1. The smallest absolute Gasteiger partial charge is 0.252 e. The summed E-state index contributed by atoms with van der Waals surface area (Å²) in [6, 6.07) is 11.1. The molecule has 0 aliphatic rings. The van der Waals surface area contributed by atoms with Crippen molar-refractivity contribution in [2.45, 2.75) is 6.42 Å². The number of rotatable bonds is 5. The predicted molar refractivity (Wildman–Crippen MR) is 106 cm³/mol. The summed E-state index contributed by atoms with van der Waals surface area (Å²) in [6.07, 6.45) is 4.12. The van der Waals surface area contributed by atoms with Crippen LogP contribution < -0.4 is 5.32 Å². The second kappa shape index (κ2) is 7.50. The van der Waals surface area contributed by atoms with E-state index in [-0.39, 0.29) is 5.91 Å². The number of aromatic nitrogens is 5. The van der Waals surface area contributed by atoms with Crippen LogP contribution in [-0.2, 0) is 6.42 Å². The van der Waals surface area contributed by atoms with Gasteiger partial charge in [0.25, 0.3) is 5.91 Å². The molecule has 0 radical (unpaired) electrons. The van der Waals surface area contributed by atoms with Gasteiger partial charge in [0.1, 0.15) is 6.33 Å². The molecule has 2 N–H and O–H groups in total. The van der Waals surface area contributed by atoms with Gasteiger partial charge in [0, 0.05) is 33.1 Å². The minimum absolute atomic E-state index is 0.172. The van der Waals surface area contributed by atoms with Gasteiger partial charge in [-0.1, -0.05) is 11.6 Å². The average Bonchev–Trinajstić information content (AvgIpc) is 3.32. The van der Waals surface area contributed by atoms with Crippen molar-refractivity contribution < 1.29 is 4.79 Å². The minimum Gasteiger partial charge on any atom is -0.361 e. The van der Waals surface area contributed by atoms with Crippen molar-refractivity contribution in [2.24, 2.45) is 0 Å². The lowest BCUT2D eigenvalue weighted by atomic mass is 10.1. The van der Waals surface area contributed by atoms with Crippen LogP contribution in [0.3, 0.4) is 0 Å². The van der Waals surface area contributed by atoms with Gasteiger partial charge in [-0.2, -0.15) is 0 Å². The summed E-state index contributed by atoms with van der Waals surface area (Å²) in [4.78, 5) is 15.8. The number of hydrogen-bond donors (Lipinski definition) is 2. The van der Waals surface area contributed by atoms with E-state index in [1.165, 1.54) is 11.0 Å². The van der Waals surface area contributed by atoms with Crippen LogP contribution >= 0.6 is 27.5 Å². The predicted octanol–water partition coefficient (Wildman–Crippen LogP) is 3.53. The second-order valence-corrected chi connectivity index (χ2v) is 7.22. The number of halogens is 2. The maximum Gasteiger partial charge on any atom is 0.252 e. The van der Waals surface area contributed by atoms with E-state index in [2.05, 4.69) is 41.8 Å². The van der Waals surface area contributed by atoms with Gasteiger partial charge in [-0.15, -0.1) is 5.10 Å². The molecule has 0 spiro atoms. The lowest BCUT2D eigenvalue weighted by Crippen LogP contribution is -2.26. The Morgan fingerprint density at radius 3 is 2.96 bits per heavy atom. The van der Waals surface area contributed by atoms with Crippen molar-refractivity contribution >= 4 is 44.3 Å². The molecule has 4 rings (SSSR count).